The Kier molecular flexibility index (Phi) is 6.75. The molecule has 132 valence electrons. The molecule has 1 heterocycles. The van der Waals surface area contributed by atoms with Crippen molar-refractivity contribution in [2.75, 3.05) is 26.2 Å². The lowest BCUT2D eigenvalue weighted by Crippen LogP contribution is -2.43. The topological polar surface area (TPSA) is 49.9 Å². The van der Waals surface area contributed by atoms with Gasteiger partial charge < -0.3 is 14.5 Å². The summed E-state index contributed by atoms with van der Waals surface area (Å²) in [6.45, 7) is 5.94. The van der Waals surface area contributed by atoms with Gasteiger partial charge in [0.25, 0.3) is 5.91 Å². The van der Waals surface area contributed by atoms with Gasteiger partial charge in [-0.25, -0.2) is 0 Å². The second kappa shape index (κ2) is 8.58. The van der Waals surface area contributed by atoms with E-state index in [2.05, 4.69) is 0 Å². The van der Waals surface area contributed by atoms with Crippen molar-refractivity contribution in [2.24, 2.45) is 0 Å². The van der Waals surface area contributed by atoms with Crippen LogP contribution >= 0.6 is 23.2 Å². The van der Waals surface area contributed by atoms with Gasteiger partial charge >= 0.3 is 0 Å². The van der Waals surface area contributed by atoms with E-state index in [1.807, 2.05) is 11.8 Å². The first-order chi connectivity index (χ1) is 11.4. The third-order valence-corrected chi connectivity index (χ3v) is 4.54. The summed E-state index contributed by atoms with van der Waals surface area (Å²) in [5, 5.41) is 0.886. The first-order valence-corrected chi connectivity index (χ1v) is 8.86. The normalized spacial score (nSPS) is 16.5. The average molecular weight is 373 g/mol. The molecule has 0 aromatic heterocycles. The molecule has 1 atom stereocenters. The summed E-state index contributed by atoms with van der Waals surface area (Å²) in [6, 6.07) is 4.90. The molecule has 24 heavy (non-hydrogen) atoms. The number of carbonyl (C=O) groups is 2. The molecule has 7 heteroatoms. The first kappa shape index (κ1) is 18.9. The van der Waals surface area contributed by atoms with E-state index in [1.54, 1.807) is 30.0 Å². The van der Waals surface area contributed by atoms with Crippen LogP contribution in [0.4, 0.5) is 0 Å². The molecule has 1 aromatic carbocycles. The van der Waals surface area contributed by atoms with E-state index in [1.165, 1.54) is 0 Å². The number of carbonyl (C=O) groups excluding carboxylic acids is 2. The molecule has 0 aliphatic carbocycles. The van der Waals surface area contributed by atoms with E-state index in [9.17, 15) is 9.59 Å². The van der Waals surface area contributed by atoms with Crippen molar-refractivity contribution in [3.8, 4) is 5.75 Å². The van der Waals surface area contributed by atoms with E-state index in [4.69, 9.17) is 27.9 Å². The van der Waals surface area contributed by atoms with E-state index >= 15 is 0 Å². The molecule has 5 nitrogen and oxygen atoms in total. The number of nitrogens with zero attached hydrogens (tertiary/aromatic N) is 2. The third-order valence-electron chi connectivity index (χ3n) is 4.01. The maximum atomic E-state index is 12.6. The Morgan fingerprint density at radius 1 is 1.17 bits per heavy atom. The first-order valence-electron chi connectivity index (χ1n) is 8.10. The molecule has 0 saturated carbocycles. The van der Waals surface area contributed by atoms with Gasteiger partial charge in [-0.15, -0.1) is 0 Å². The van der Waals surface area contributed by atoms with Crippen LogP contribution in [0.3, 0.4) is 0 Å². The maximum Gasteiger partial charge on any atom is 0.263 e. The largest absolute Gasteiger partial charge is 0.479 e. The fourth-order valence-electron chi connectivity index (χ4n) is 2.68. The molecule has 2 rings (SSSR count). The van der Waals surface area contributed by atoms with Crippen molar-refractivity contribution in [1.82, 2.24) is 9.80 Å². The lowest BCUT2D eigenvalue weighted by molar-refractivity contribution is -0.138. The summed E-state index contributed by atoms with van der Waals surface area (Å²) in [5.41, 5.74) is 0. The Morgan fingerprint density at radius 2 is 1.83 bits per heavy atom. The van der Waals surface area contributed by atoms with Crippen molar-refractivity contribution in [3.05, 3.63) is 28.2 Å². The van der Waals surface area contributed by atoms with Gasteiger partial charge in [0.15, 0.2) is 6.10 Å². The number of ether oxygens (including phenoxy) is 1. The average Bonchev–Trinajstić information content (AvgIpc) is 2.82. The monoisotopic (exact) mass is 372 g/mol. The highest BCUT2D eigenvalue weighted by Gasteiger charge is 2.26. The van der Waals surface area contributed by atoms with E-state index in [0.29, 0.717) is 48.4 Å². The number of halogens is 2. The smallest absolute Gasteiger partial charge is 0.263 e. The van der Waals surface area contributed by atoms with Gasteiger partial charge in [0.1, 0.15) is 5.75 Å². The van der Waals surface area contributed by atoms with Crippen molar-refractivity contribution in [1.29, 1.82) is 0 Å². The number of hydrogen-bond donors (Lipinski definition) is 0. The van der Waals surface area contributed by atoms with E-state index in [0.717, 1.165) is 6.42 Å². The van der Waals surface area contributed by atoms with Gasteiger partial charge in [-0.1, -0.05) is 30.1 Å². The third kappa shape index (κ3) is 4.77. The predicted molar refractivity (Wildman–Crippen MR) is 94.6 cm³/mol. The summed E-state index contributed by atoms with van der Waals surface area (Å²) in [6.07, 6.45) is 0.603. The quantitative estimate of drug-likeness (QED) is 0.814. The standard InChI is InChI=1S/C17H22Cl2N2O3/c1-3-16(22)20-7-4-8-21(10-9-20)17(23)12(2)24-15-6-5-13(18)11-14(15)19/h5-6,11-12H,3-4,7-10H2,1-2H3. The zero-order valence-corrected chi connectivity index (χ0v) is 15.4. The van der Waals surface area contributed by atoms with Crippen LogP contribution in [0.1, 0.15) is 26.7 Å². The molecule has 1 aromatic rings. The lowest BCUT2D eigenvalue weighted by atomic mass is 10.3. The van der Waals surface area contributed by atoms with Crippen molar-refractivity contribution >= 4 is 35.0 Å². The van der Waals surface area contributed by atoms with Gasteiger partial charge in [-0.05, 0) is 31.5 Å². The highest BCUT2D eigenvalue weighted by atomic mass is 35.5. The van der Waals surface area contributed by atoms with Gasteiger partial charge in [0.05, 0.1) is 5.02 Å². The zero-order chi connectivity index (χ0) is 17.7. The number of amides is 2. The molecular formula is C17H22Cl2N2O3. The second-order valence-electron chi connectivity index (χ2n) is 5.75. The SMILES string of the molecule is CCC(=O)N1CCCN(C(=O)C(C)Oc2ccc(Cl)cc2Cl)CC1. The highest BCUT2D eigenvalue weighted by molar-refractivity contribution is 6.35. The summed E-state index contributed by atoms with van der Waals surface area (Å²) in [4.78, 5) is 28.0. The highest BCUT2D eigenvalue weighted by Crippen LogP contribution is 2.28. The Morgan fingerprint density at radius 3 is 2.50 bits per heavy atom. The number of benzene rings is 1. The fourth-order valence-corrected chi connectivity index (χ4v) is 3.13. The minimum atomic E-state index is -0.655. The molecule has 0 spiro atoms. The van der Waals surface area contributed by atoms with Gasteiger partial charge in [-0.3, -0.25) is 9.59 Å². The molecule has 1 saturated heterocycles. The van der Waals surface area contributed by atoms with Crippen molar-refractivity contribution in [3.63, 3.8) is 0 Å². The number of hydrogen-bond acceptors (Lipinski definition) is 3. The molecular weight excluding hydrogens is 351 g/mol. The predicted octanol–water partition coefficient (Wildman–Crippen LogP) is 3.23. The summed E-state index contributed by atoms with van der Waals surface area (Å²) in [5.74, 6) is 0.452. The minimum absolute atomic E-state index is 0.105. The van der Waals surface area contributed by atoms with E-state index in [-0.39, 0.29) is 11.8 Å². The molecule has 1 aliphatic rings. The molecule has 0 bridgehead atoms. The van der Waals surface area contributed by atoms with Crippen LogP contribution in [0.5, 0.6) is 5.75 Å². The molecule has 0 radical (unpaired) electrons. The van der Waals surface area contributed by atoms with Gasteiger partial charge in [0, 0.05) is 37.6 Å². The van der Waals surface area contributed by atoms with Crippen LogP contribution in [0, 0.1) is 0 Å². The minimum Gasteiger partial charge on any atom is -0.479 e. The summed E-state index contributed by atoms with van der Waals surface area (Å²) < 4.78 is 5.69. The molecule has 2 amide bonds. The summed E-state index contributed by atoms with van der Waals surface area (Å²) >= 11 is 11.9. The summed E-state index contributed by atoms with van der Waals surface area (Å²) in [7, 11) is 0. The van der Waals surface area contributed by atoms with Crippen LogP contribution in [0.25, 0.3) is 0 Å². The molecule has 1 unspecified atom stereocenters. The zero-order valence-electron chi connectivity index (χ0n) is 13.9. The molecule has 1 aliphatic heterocycles. The van der Waals surface area contributed by atoms with Crippen LogP contribution in [0.2, 0.25) is 10.0 Å². The van der Waals surface area contributed by atoms with Gasteiger partial charge in [-0.2, -0.15) is 0 Å². The fraction of sp³-hybridized carbons (Fsp3) is 0.529. The van der Waals surface area contributed by atoms with Crippen LogP contribution in [-0.4, -0.2) is 53.9 Å². The Hall–Kier alpha value is -1.46. The maximum absolute atomic E-state index is 12.6. The second-order valence-corrected chi connectivity index (χ2v) is 6.59. The van der Waals surface area contributed by atoms with Crippen LogP contribution < -0.4 is 4.74 Å². The number of rotatable bonds is 4. The van der Waals surface area contributed by atoms with Crippen LogP contribution in [0.15, 0.2) is 18.2 Å². The van der Waals surface area contributed by atoms with Crippen molar-refractivity contribution < 1.29 is 14.3 Å². The lowest BCUT2D eigenvalue weighted by Gasteiger charge is -2.25. The van der Waals surface area contributed by atoms with E-state index < -0.39 is 6.10 Å². The molecule has 1 fully saturated rings. The van der Waals surface area contributed by atoms with Crippen LogP contribution in [-0.2, 0) is 9.59 Å². The Bertz CT molecular complexity index is 609. The molecule has 0 N–H and O–H groups in total. The van der Waals surface area contributed by atoms with Crippen molar-refractivity contribution in [2.45, 2.75) is 32.8 Å². The Labute approximate surface area is 152 Å². The van der Waals surface area contributed by atoms with Gasteiger partial charge in [0.2, 0.25) is 5.91 Å². The Balaban J connectivity index is 1.96.